The molecule has 0 aliphatic heterocycles. The second kappa shape index (κ2) is 4.89. The molecule has 0 amide bonds. The summed E-state index contributed by atoms with van der Waals surface area (Å²) >= 11 is 0. The van der Waals surface area contributed by atoms with Crippen molar-refractivity contribution < 1.29 is 4.39 Å². The topological polar surface area (TPSA) is 0 Å². The molecule has 0 N–H and O–H groups in total. The first-order valence-electron chi connectivity index (χ1n) is 3.75. The lowest BCUT2D eigenvalue weighted by molar-refractivity contribution is 0.656. The lowest BCUT2D eigenvalue weighted by Gasteiger charge is -1.99. The van der Waals surface area contributed by atoms with Crippen LogP contribution in [0.4, 0.5) is 4.39 Å². The van der Waals surface area contributed by atoms with Crippen LogP contribution in [0, 0.1) is 0 Å². The Bertz CT molecular complexity index is 207. The Kier molecular flexibility index (Phi) is 4.51. The lowest BCUT2D eigenvalue weighted by atomic mass is 10.1. The molecular weight excluding hydrogens is 139 g/mol. The number of rotatable bonds is 2. The van der Waals surface area contributed by atoms with Crippen LogP contribution in [0.2, 0.25) is 0 Å². The summed E-state index contributed by atoms with van der Waals surface area (Å²) in [4.78, 5) is 0. The third-order valence-electron chi connectivity index (χ3n) is 1.70. The molecule has 1 heteroatoms. The number of allylic oxidation sites excluding steroid dienone is 6. The van der Waals surface area contributed by atoms with Crippen molar-refractivity contribution in [1.82, 2.24) is 0 Å². The van der Waals surface area contributed by atoms with Gasteiger partial charge in [0.1, 0.15) is 5.83 Å². The second-order valence-corrected chi connectivity index (χ2v) is 2.44. The van der Waals surface area contributed by atoms with Crippen LogP contribution in [0.1, 0.15) is 27.7 Å². The fourth-order valence-corrected chi connectivity index (χ4v) is 0.676. The molecular formula is C10H15F. The lowest BCUT2D eigenvalue weighted by Crippen LogP contribution is -1.81. The Morgan fingerprint density at radius 3 is 2.09 bits per heavy atom. The van der Waals surface area contributed by atoms with Crippen LogP contribution in [0.25, 0.3) is 0 Å². The van der Waals surface area contributed by atoms with Gasteiger partial charge < -0.3 is 0 Å². The Hall–Kier alpha value is -0.850. The standard InChI is InChI=1S/C10H15F/c1-5-7-10(11)9(4)8(3)6-2/h5-7H,1-4H3/b7-5+,8-6-,10-9+. The van der Waals surface area contributed by atoms with Crippen LogP contribution in [0.5, 0.6) is 0 Å². The Balaban J connectivity index is 4.66. The van der Waals surface area contributed by atoms with Gasteiger partial charge in [-0.25, -0.2) is 4.39 Å². The molecule has 0 aromatic carbocycles. The van der Waals surface area contributed by atoms with Crippen LogP contribution >= 0.6 is 0 Å². The van der Waals surface area contributed by atoms with E-state index in [-0.39, 0.29) is 5.83 Å². The van der Waals surface area contributed by atoms with Gasteiger partial charge in [0.15, 0.2) is 0 Å². The van der Waals surface area contributed by atoms with Gasteiger partial charge in [-0.1, -0.05) is 12.2 Å². The maximum atomic E-state index is 13.0. The molecule has 0 atom stereocenters. The molecule has 0 unspecified atom stereocenters. The van der Waals surface area contributed by atoms with Crippen molar-refractivity contribution in [1.29, 1.82) is 0 Å². The summed E-state index contributed by atoms with van der Waals surface area (Å²) in [7, 11) is 0. The summed E-state index contributed by atoms with van der Waals surface area (Å²) in [5, 5.41) is 0. The van der Waals surface area contributed by atoms with Crippen LogP contribution in [0.3, 0.4) is 0 Å². The minimum atomic E-state index is -0.150. The van der Waals surface area contributed by atoms with E-state index in [0.717, 1.165) is 5.57 Å². The summed E-state index contributed by atoms with van der Waals surface area (Å²) < 4.78 is 13.0. The molecule has 11 heavy (non-hydrogen) atoms. The second-order valence-electron chi connectivity index (χ2n) is 2.44. The van der Waals surface area contributed by atoms with Crippen molar-refractivity contribution in [2.45, 2.75) is 27.7 Å². The average Bonchev–Trinajstić information content (AvgIpc) is 2.02. The molecule has 62 valence electrons. The maximum absolute atomic E-state index is 13.0. The zero-order valence-electron chi connectivity index (χ0n) is 7.61. The summed E-state index contributed by atoms with van der Waals surface area (Å²) in [6, 6.07) is 0. The SMILES string of the molecule is C\C=C(C)/C(C)=C(F)\C=C\C. The molecule has 0 bridgehead atoms. The molecule has 0 aromatic heterocycles. The first kappa shape index (κ1) is 10.2. The molecule has 0 fully saturated rings. The molecule has 0 aliphatic rings. The fraction of sp³-hybridized carbons (Fsp3) is 0.400. The van der Waals surface area contributed by atoms with Crippen molar-refractivity contribution in [3.8, 4) is 0 Å². The van der Waals surface area contributed by atoms with E-state index < -0.39 is 0 Å². The van der Waals surface area contributed by atoms with Gasteiger partial charge in [-0.3, -0.25) is 0 Å². The zero-order valence-corrected chi connectivity index (χ0v) is 7.61. The van der Waals surface area contributed by atoms with E-state index >= 15 is 0 Å². The highest BCUT2D eigenvalue weighted by Crippen LogP contribution is 2.15. The van der Waals surface area contributed by atoms with Gasteiger partial charge in [0.2, 0.25) is 0 Å². The van der Waals surface area contributed by atoms with Crippen molar-refractivity contribution in [3.05, 3.63) is 35.2 Å². The average molecular weight is 154 g/mol. The number of hydrogen-bond acceptors (Lipinski definition) is 0. The molecule has 0 aliphatic carbocycles. The minimum Gasteiger partial charge on any atom is -0.207 e. The van der Waals surface area contributed by atoms with Crippen LogP contribution < -0.4 is 0 Å². The van der Waals surface area contributed by atoms with Gasteiger partial charge in [0, 0.05) is 0 Å². The quantitative estimate of drug-likeness (QED) is 0.531. The predicted octanol–water partition coefficient (Wildman–Crippen LogP) is 3.77. The van der Waals surface area contributed by atoms with E-state index in [1.165, 1.54) is 6.08 Å². The van der Waals surface area contributed by atoms with E-state index in [1.807, 2.05) is 19.9 Å². The molecule has 0 heterocycles. The first-order valence-corrected chi connectivity index (χ1v) is 3.75. The van der Waals surface area contributed by atoms with E-state index in [1.54, 1.807) is 19.9 Å². The van der Waals surface area contributed by atoms with Gasteiger partial charge in [0.05, 0.1) is 0 Å². The van der Waals surface area contributed by atoms with Crippen LogP contribution in [0.15, 0.2) is 35.2 Å². The van der Waals surface area contributed by atoms with Crippen molar-refractivity contribution >= 4 is 0 Å². The molecule has 0 spiro atoms. The first-order chi connectivity index (χ1) is 5.13. The zero-order chi connectivity index (χ0) is 8.85. The van der Waals surface area contributed by atoms with Gasteiger partial charge in [-0.05, 0) is 44.9 Å². The normalized spacial score (nSPS) is 15.5. The minimum absolute atomic E-state index is 0.150. The summed E-state index contributed by atoms with van der Waals surface area (Å²) in [5.41, 5.74) is 1.70. The van der Waals surface area contributed by atoms with E-state index in [4.69, 9.17) is 0 Å². The molecule has 0 saturated heterocycles. The number of halogens is 1. The highest BCUT2D eigenvalue weighted by molar-refractivity contribution is 5.33. The third kappa shape index (κ3) is 3.17. The molecule has 0 saturated carbocycles. The molecule has 0 nitrogen and oxygen atoms in total. The van der Waals surface area contributed by atoms with Gasteiger partial charge >= 0.3 is 0 Å². The van der Waals surface area contributed by atoms with Gasteiger partial charge in [-0.2, -0.15) is 0 Å². The predicted molar refractivity (Wildman–Crippen MR) is 48.1 cm³/mol. The fourth-order valence-electron chi connectivity index (χ4n) is 0.676. The Morgan fingerprint density at radius 2 is 1.73 bits per heavy atom. The Morgan fingerprint density at radius 1 is 1.18 bits per heavy atom. The van der Waals surface area contributed by atoms with Crippen LogP contribution in [-0.2, 0) is 0 Å². The highest BCUT2D eigenvalue weighted by atomic mass is 19.1. The third-order valence-corrected chi connectivity index (χ3v) is 1.70. The van der Waals surface area contributed by atoms with Gasteiger partial charge in [0.25, 0.3) is 0 Å². The Labute approximate surface area is 68.1 Å². The molecule has 0 aromatic rings. The summed E-state index contributed by atoms with van der Waals surface area (Å²) in [5.74, 6) is -0.150. The van der Waals surface area contributed by atoms with E-state index in [9.17, 15) is 4.39 Å². The summed E-state index contributed by atoms with van der Waals surface area (Å²) in [6.07, 6.45) is 5.07. The van der Waals surface area contributed by atoms with Crippen molar-refractivity contribution in [2.24, 2.45) is 0 Å². The smallest absolute Gasteiger partial charge is 0.126 e. The highest BCUT2D eigenvalue weighted by Gasteiger charge is 1.97. The van der Waals surface area contributed by atoms with Crippen LogP contribution in [-0.4, -0.2) is 0 Å². The maximum Gasteiger partial charge on any atom is 0.126 e. The largest absolute Gasteiger partial charge is 0.207 e. The van der Waals surface area contributed by atoms with E-state index in [2.05, 4.69) is 0 Å². The molecule has 0 radical (unpaired) electrons. The van der Waals surface area contributed by atoms with Gasteiger partial charge in [-0.15, -0.1) is 0 Å². The van der Waals surface area contributed by atoms with E-state index in [0.29, 0.717) is 5.57 Å². The van der Waals surface area contributed by atoms with Crippen molar-refractivity contribution in [2.75, 3.05) is 0 Å². The van der Waals surface area contributed by atoms with Crippen molar-refractivity contribution in [3.63, 3.8) is 0 Å². The molecule has 0 rings (SSSR count). The summed E-state index contributed by atoms with van der Waals surface area (Å²) in [6.45, 7) is 7.39. The number of hydrogen-bond donors (Lipinski definition) is 0. The monoisotopic (exact) mass is 154 g/mol.